The van der Waals surface area contributed by atoms with Crippen LogP contribution in [0.4, 0.5) is 0 Å². The lowest BCUT2D eigenvalue weighted by Crippen LogP contribution is -2.17. The monoisotopic (exact) mass is 247 g/mol. The number of pyridine rings is 1. The van der Waals surface area contributed by atoms with Crippen molar-refractivity contribution in [3.63, 3.8) is 0 Å². The fraction of sp³-hybridized carbons (Fsp3) is 0.385. The van der Waals surface area contributed by atoms with Crippen molar-refractivity contribution in [2.45, 2.75) is 32.9 Å². The van der Waals surface area contributed by atoms with Crippen molar-refractivity contribution in [2.24, 2.45) is 0 Å². The number of hydrogen-bond donors (Lipinski definition) is 1. The molecule has 0 aliphatic heterocycles. The number of rotatable bonds is 5. The third-order valence-corrected chi connectivity index (χ3v) is 3.81. The quantitative estimate of drug-likeness (QED) is 0.882. The zero-order valence-electron chi connectivity index (χ0n) is 10.2. The third-order valence-electron chi connectivity index (χ3n) is 2.67. The van der Waals surface area contributed by atoms with E-state index in [-0.39, 0.29) is 0 Å². The largest absolute Gasteiger partial charge is 0.305 e. The van der Waals surface area contributed by atoms with E-state index in [1.807, 2.05) is 18.5 Å². The number of aromatic nitrogens is 2. The van der Waals surface area contributed by atoms with Crippen molar-refractivity contribution in [3.05, 3.63) is 46.2 Å². The summed E-state index contributed by atoms with van der Waals surface area (Å²) in [7, 11) is 0. The van der Waals surface area contributed by atoms with Crippen LogP contribution >= 0.6 is 11.3 Å². The Morgan fingerprint density at radius 1 is 1.41 bits per heavy atom. The van der Waals surface area contributed by atoms with E-state index in [4.69, 9.17) is 0 Å². The van der Waals surface area contributed by atoms with E-state index in [1.165, 1.54) is 15.4 Å². The van der Waals surface area contributed by atoms with Crippen LogP contribution in [-0.4, -0.2) is 9.97 Å². The number of nitrogens with zero attached hydrogens (tertiary/aromatic N) is 2. The molecule has 17 heavy (non-hydrogen) atoms. The van der Waals surface area contributed by atoms with E-state index < -0.39 is 0 Å². The van der Waals surface area contributed by atoms with Crippen molar-refractivity contribution < 1.29 is 0 Å². The summed E-state index contributed by atoms with van der Waals surface area (Å²) in [6.45, 7) is 5.15. The fourth-order valence-electron chi connectivity index (χ4n) is 1.60. The van der Waals surface area contributed by atoms with Gasteiger partial charge in [0.15, 0.2) is 0 Å². The minimum atomic E-state index is 0.316. The van der Waals surface area contributed by atoms with Crippen molar-refractivity contribution in [3.8, 4) is 0 Å². The van der Waals surface area contributed by atoms with Crippen LogP contribution in [0.15, 0.2) is 30.7 Å². The fourth-order valence-corrected chi connectivity index (χ4v) is 2.41. The lowest BCUT2D eigenvalue weighted by molar-refractivity contribution is 0.577. The Morgan fingerprint density at radius 2 is 2.29 bits per heavy atom. The molecule has 0 saturated carbocycles. The highest BCUT2D eigenvalue weighted by Crippen LogP contribution is 2.15. The summed E-state index contributed by atoms with van der Waals surface area (Å²) in [4.78, 5) is 9.77. The molecule has 3 nitrogen and oxygen atoms in total. The molecule has 1 N–H and O–H groups in total. The first-order valence-electron chi connectivity index (χ1n) is 5.86. The van der Waals surface area contributed by atoms with Crippen LogP contribution in [0.1, 0.15) is 35.3 Å². The van der Waals surface area contributed by atoms with Gasteiger partial charge < -0.3 is 5.32 Å². The smallest absolute Gasteiger partial charge is 0.0925 e. The molecule has 0 fully saturated rings. The summed E-state index contributed by atoms with van der Waals surface area (Å²) in [6.07, 6.45) is 6.68. The molecule has 0 aliphatic carbocycles. The van der Waals surface area contributed by atoms with Gasteiger partial charge in [-0.05, 0) is 25.0 Å². The zero-order valence-corrected chi connectivity index (χ0v) is 11.0. The topological polar surface area (TPSA) is 37.8 Å². The molecule has 0 bridgehead atoms. The van der Waals surface area contributed by atoms with Gasteiger partial charge in [-0.3, -0.25) is 4.98 Å². The molecule has 0 unspecified atom stereocenters. The Morgan fingerprint density at radius 3 is 2.94 bits per heavy atom. The van der Waals surface area contributed by atoms with Gasteiger partial charge >= 0.3 is 0 Å². The Kier molecular flexibility index (Phi) is 4.23. The summed E-state index contributed by atoms with van der Waals surface area (Å²) < 4.78 is 0. The molecule has 0 aliphatic rings. The first kappa shape index (κ1) is 12.2. The van der Waals surface area contributed by atoms with Gasteiger partial charge in [-0.2, -0.15) is 0 Å². The molecule has 1 atom stereocenters. The molecule has 0 aromatic carbocycles. The predicted molar refractivity (Wildman–Crippen MR) is 71.0 cm³/mol. The van der Waals surface area contributed by atoms with E-state index in [1.54, 1.807) is 17.5 Å². The second-order valence-electron chi connectivity index (χ2n) is 3.96. The third kappa shape index (κ3) is 3.35. The Bertz CT molecular complexity index is 453. The minimum Gasteiger partial charge on any atom is -0.305 e. The maximum Gasteiger partial charge on any atom is 0.0925 e. The highest BCUT2D eigenvalue weighted by molar-refractivity contribution is 7.11. The lowest BCUT2D eigenvalue weighted by Gasteiger charge is -2.12. The molecule has 0 radical (unpaired) electrons. The van der Waals surface area contributed by atoms with Crippen LogP contribution in [0.2, 0.25) is 0 Å². The summed E-state index contributed by atoms with van der Waals surface area (Å²) >= 11 is 1.78. The summed E-state index contributed by atoms with van der Waals surface area (Å²) in [5, 5.41) is 4.69. The standard InChI is InChI=1S/C13H17N3S/c1-3-13-16-9-12(17-13)8-15-10(2)11-5-4-6-14-7-11/h4-7,9-10,15H,3,8H2,1-2H3/t10-/m0/s1. The molecule has 2 heterocycles. The van der Waals surface area contributed by atoms with E-state index in [2.05, 4.69) is 35.2 Å². The Balaban J connectivity index is 1.90. The van der Waals surface area contributed by atoms with Crippen LogP contribution in [0.25, 0.3) is 0 Å². The van der Waals surface area contributed by atoms with Crippen LogP contribution in [0.5, 0.6) is 0 Å². The van der Waals surface area contributed by atoms with Crippen molar-refractivity contribution in [1.29, 1.82) is 0 Å². The molecule has 0 spiro atoms. The van der Waals surface area contributed by atoms with Gasteiger partial charge in [-0.15, -0.1) is 11.3 Å². The van der Waals surface area contributed by atoms with E-state index >= 15 is 0 Å². The molecular formula is C13H17N3S. The summed E-state index contributed by atoms with van der Waals surface area (Å²) in [6, 6.07) is 4.38. The zero-order chi connectivity index (χ0) is 12.1. The SMILES string of the molecule is CCc1ncc(CN[C@@H](C)c2cccnc2)s1. The number of hydrogen-bond acceptors (Lipinski definition) is 4. The first-order valence-corrected chi connectivity index (χ1v) is 6.68. The second-order valence-corrected chi connectivity index (χ2v) is 5.16. The molecule has 2 aromatic rings. The number of aryl methyl sites for hydroxylation is 1. The van der Waals surface area contributed by atoms with E-state index in [0.29, 0.717) is 6.04 Å². The summed E-state index contributed by atoms with van der Waals surface area (Å²) in [5.41, 5.74) is 1.22. The van der Waals surface area contributed by atoms with Crippen LogP contribution < -0.4 is 5.32 Å². The molecule has 90 valence electrons. The molecule has 2 aromatic heterocycles. The minimum absolute atomic E-state index is 0.316. The normalized spacial score (nSPS) is 12.6. The van der Waals surface area contributed by atoms with Crippen LogP contribution in [-0.2, 0) is 13.0 Å². The number of nitrogens with one attached hydrogen (secondary N) is 1. The molecular weight excluding hydrogens is 230 g/mol. The lowest BCUT2D eigenvalue weighted by atomic mass is 10.1. The highest BCUT2D eigenvalue weighted by atomic mass is 32.1. The van der Waals surface area contributed by atoms with Gasteiger partial charge in [0.1, 0.15) is 0 Å². The highest BCUT2D eigenvalue weighted by Gasteiger charge is 2.06. The predicted octanol–water partition coefficient (Wildman–Crippen LogP) is 2.95. The van der Waals surface area contributed by atoms with Gasteiger partial charge in [0.2, 0.25) is 0 Å². The maximum atomic E-state index is 4.35. The first-order chi connectivity index (χ1) is 8.29. The molecule has 0 amide bonds. The van der Waals surface area contributed by atoms with Gasteiger partial charge in [-0.1, -0.05) is 13.0 Å². The van der Waals surface area contributed by atoms with Crippen molar-refractivity contribution in [1.82, 2.24) is 15.3 Å². The van der Waals surface area contributed by atoms with Gasteiger partial charge in [-0.25, -0.2) is 4.98 Å². The van der Waals surface area contributed by atoms with E-state index in [0.717, 1.165) is 13.0 Å². The average molecular weight is 247 g/mol. The van der Waals surface area contributed by atoms with Crippen LogP contribution in [0, 0.1) is 0 Å². The molecule has 0 saturated heterocycles. The second kappa shape index (κ2) is 5.89. The van der Waals surface area contributed by atoms with Gasteiger partial charge in [0.05, 0.1) is 5.01 Å². The average Bonchev–Trinajstić information content (AvgIpc) is 2.85. The van der Waals surface area contributed by atoms with Crippen molar-refractivity contribution >= 4 is 11.3 Å². The Labute approximate surface area is 106 Å². The van der Waals surface area contributed by atoms with Crippen LogP contribution in [0.3, 0.4) is 0 Å². The van der Waals surface area contributed by atoms with Crippen molar-refractivity contribution in [2.75, 3.05) is 0 Å². The van der Waals surface area contributed by atoms with E-state index in [9.17, 15) is 0 Å². The maximum absolute atomic E-state index is 4.35. The molecule has 2 rings (SSSR count). The van der Waals surface area contributed by atoms with Gasteiger partial charge in [0.25, 0.3) is 0 Å². The Hall–Kier alpha value is -1.26. The summed E-state index contributed by atoms with van der Waals surface area (Å²) in [5.74, 6) is 0. The molecule has 4 heteroatoms. The van der Waals surface area contributed by atoms with Gasteiger partial charge in [0, 0.05) is 36.1 Å². The number of thiazole rings is 1.